The summed E-state index contributed by atoms with van der Waals surface area (Å²) in [5.74, 6) is 0.390. The predicted octanol–water partition coefficient (Wildman–Crippen LogP) is 3.50. The Labute approximate surface area is 130 Å². The summed E-state index contributed by atoms with van der Waals surface area (Å²) in [5, 5.41) is 9.74. The van der Waals surface area contributed by atoms with Gasteiger partial charge in [0, 0.05) is 0 Å². The minimum atomic E-state index is -0.431. The number of benzene rings is 2. The summed E-state index contributed by atoms with van der Waals surface area (Å²) in [4.78, 5) is 11.3. The van der Waals surface area contributed by atoms with Gasteiger partial charge >= 0.3 is 5.97 Å². The maximum Gasteiger partial charge on any atom is 0.337 e. The van der Waals surface area contributed by atoms with E-state index in [2.05, 4.69) is 4.74 Å². The highest BCUT2D eigenvalue weighted by atomic mass is 16.5. The Morgan fingerprint density at radius 1 is 1.09 bits per heavy atom. The standard InChI is InChI=1S/C18H20O4/c1-3-17(19)14-8-10-16(11-9-14)22-12-13-4-6-15(7-5-13)18(20)21-2/h4-11,17,19H,3,12H2,1-2H3. The van der Waals surface area contributed by atoms with Crippen molar-refractivity contribution in [3.63, 3.8) is 0 Å². The van der Waals surface area contributed by atoms with Crippen molar-refractivity contribution in [1.82, 2.24) is 0 Å². The normalized spacial score (nSPS) is 11.8. The van der Waals surface area contributed by atoms with Crippen LogP contribution in [0.3, 0.4) is 0 Å². The van der Waals surface area contributed by atoms with Gasteiger partial charge in [-0.1, -0.05) is 31.2 Å². The van der Waals surface area contributed by atoms with E-state index in [9.17, 15) is 9.90 Å². The molecular weight excluding hydrogens is 280 g/mol. The first-order valence-corrected chi connectivity index (χ1v) is 7.22. The Hall–Kier alpha value is -2.33. The lowest BCUT2D eigenvalue weighted by Crippen LogP contribution is -2.02. The van der Waals surface area contributed by atoms with E-state index in [0.717, 1.165) is 16.9 Å². The Bertz CT molecular complexity index is 602. The second kappa shape index (κ2) is 7.61. The van der Waals surface area contributed by atoms with Gasteiger partial charge in [0.2, 0.25) is 0 Å². The van der Waals surface area contributed by atoms with Crippen molar-refractivity contribution in [2.24, 2.45) is 0 Å². The van der Waals surface area contributed by atoms with Gasteiger partial charge < -0.3 is 14.6 Å². The van der Waals surface area contributed by atoms with Gasteiger partial charge in [0.1, 0.15) is 12.4 Å². The van der Waals surface area contributed by atoms with E-state index in [1.54, 1.807) is 12.1 Å². The first-order valence-electron chi connectivity index (χ1n) is 7.22. The lowest BCUT2D eigenvalue weighted by atomic mass is 10.1. The van der Waals surface area contributed by atoms with Crippen LogP contribution in [-0.4, -0.2) is 18.2 Å². The van der Waals surface area contributed by atoms with E-state index in [-0.39, 0.29) is 5.97 Å². The molecule has 0 aliphatic carbocycles. The first kappa shape index (κ1) is 16.0. The van der Waals surface area contributed by atoms with Crippen LogP contribution in [0, 0.1) is 0 Å². The van der Waals surface area contributed by atoms with Crippen molar-refractivity contribution in [2.75, 3.05) is 7.11 Å². The minimum absolute atomic E-state index is 0.350. The molecule has 1 unspecified atom stereocenters. The van der Waals surface area contributed by atoms with Crippen molar-refractivity contribution in [3.05, 3.63) is 65.2 Å². The second-order valence-corrected chi connectivity index (χ2v) is 4.97. The molecule has 0 aliphatic heterocycles. The summed E-state index contributed by atoms with van der Waals surface area (Å²) < 4.78 is 10.3. The van der Waals surface area contributed by atoms with Crippen molar-refractivity contribution in [2.45, 2.75) is 26.1 Å². The van der Waals surface area contributed by atoms with Gasteiger partial charge in [-0.25, -0.2) is 4.79 Å². The molecular formula is C18H20O4. The summed E-state index contributed by atoms with van der Waals surface area (Å²) >= 11 is 0. The lowest BCUT2D eigenvalue weighted by Gasteiger charge is -2.10. The van der Waals surface area contributed by atoms with Gasteiger partial charge in [0.05, 0.1) is 18.8 Å². The molecule has 4 nitrogen and oxygen atoms in total. The van der Waals surface area contributed by atoms with Crippen LogP contribution in [0.25, 0.3) is 0 Å². The van der Waals surface area contributed by atoms with E-state index < -0.39 is 6.10 Å². The molecule has 0 heterocycles. The zero-order valence-corrected chi connectivity index (χ0v) is 12.8. The zero-order chi connectivity index (χ0) is 15.9. The maximum absolute atomic E-state index is 11.3. The molecule has 0 aliphatic rings. The van der Waals surface area contributed by atoms with Gasteiger partial charge in [-0.15, -0.1) is 0 Å². The van der Waals surface area contributed by atoms with Crippen molar-refractivity contribution < 1.29 is 19.4 Å². The van der Waals surface area contributed by atoms with Crippen molar-refractivity contribution >= 4 is 5.97 Å². The van der Waals surface area contributed by atoms with Gasteiger partial charge in [-0.05, 0) is 41.8 Å². The van der Waals surface area contributed by atoms with Crippen molar-refractivity contribution in [1.29, 1.82) is 0 Å². The highest BCUT2D eigenvalue weighted by Gasteiger charge is 2.06. The predicted molar refractivity (Wildman–Crippen MR) is 83.8 cm³/mol. The third kappa shape index (κ3) is 4.09. The topological polar surface area (TPSA) is 55.8 Å². The summed E-state index contributed by atoms with van der Waals surface area (Å²) in [5.41, 5.74) is 2.37. The van der Waals surface area contributed by atoms with Crippen LogP contribution < -0.4 is 4.74 Å². The molecule has 116 valence electrons. The van der Waals surface area contributed by atoms with E-state index in [1.165, 1.54) is 7.11 Å². The van der Waals surface area contributed by atoms with Crippen LogP contribution in [0.1, 0.15) is 40.9 Å². The molecule has 0 aromatic heterocycles. The quantitative estimate of drug-likeness (QED) is 0.830. The second-order valence-electron chi connectivity index (χ2n) is 4.97. The highest BCUT2D eigenvalue weighted by molar-refractivity contribution is 5.89. The molecule has 0 saturated carbocycles. The number of hydrogen-bond donors (Lipinski definition) is 1. The molecule has 4 heteroatoms. The smallest absolute Gasteiger partial charge is 0.337 e. The molecule has 0 saturated heterocycles. The number of hydrogen-bond acceptors (Lipinski definition) is 4. The number of methoxy groups -OCH3 is 1. The Balaban J connectivity index is 1.94. The van der Waals surface area contributed by atoms with Crippen LogP contribution in [0.2, 0.25) is 0 Å². The van der Waals surface area contributed by atoms with E-state index in [0.29, 0.717) is 18.6 Å². The zero-order valence-electron chi connectivity index (χ0n) is 12.8. The lowest BCUT2D eigenvalue weighted by molar-refractivity contribution is 0.0600. The molecule has 0 spiro atoms. The van der Waals surface area contributed by atoms with Gasteiger partial charge in [-0.3, -0.25) is 0 Å². The third-order valence-electron chi connectivity index (χ3n) is 3.43. The number of esters is 1. The summed E-state index contributed by atoms with van der Waals surface area (Å²) in [6, 6.07) is 14.5. The molecule has 0 bridgehead atoms. The van der Waals surface area contributed by atoms with E-state index in [1.807, 2.05) is 43.3 Å². The van der Waals surface area contributed by atoms with Crippen LogP contribution in [0.15, 0.2) is 48.5 Å². The molecule has 0 fully saturated rings. The summed E-state index contributed by atoms with van der Waals surface area (Å²) in [6.45, 7) is 2.35. The SMILES string of the molecule is CCC(O)c1ccc(OCc2ccc(C(=O)OC)cc2)cc1. The van der Waals surface area contributed by atoms with Crippen LogP contribution in [0.4, 0.5) is 0 Å². The Morgan fingerprint density at radius 2 is 1.73 bits per heavy atom. The molecule has 22 heavy (non-hydrogen) atoms. The fourth-order valence-corrected chi connectivity index (χ4v) is 2.04. The Kier molecular flexibility index (Phi) is 5.55. The van der Waals surface area contributed by atoms with Gasteiger partial charge in [0.15, 0.2) is 0 Å². The molecule has 0 amide bonds. The van der Waals surface area contributed by atoms with Crippen molar-refractivity contribution in [3.8, 4) is 5.75 Å². The average molecular weight is 300 g/mol. The van der Waals surface area contributed by atoms with Crippen LogP contribution in [-0.2, 0) is 11.3 Å². The molecule has 2 rings (SSSR count). The van der Waals surface area contributed by atoms with Gasteiger partial charge in [-0.2, -0.15) is 0 Å². The first-order chi connectivity index (χ1) is 10.6. The number of carbonyl (C=O) groups is 1. The number of carbonyl (C=O) groups excluding carboxylic acids is 1. The van der Waals surface area contributed by atoms with Gasteiger partial charge in [0.25, 0.3) is 0 Å². The fraction of sp³-hybridized carbons (Fsp3) is 0.278. The summed E-state index contributed by atoms with van der Waals surface area (Å²) in [7, 11) is 1.36. The molecule has 2 aromatic rings. The summed E-state index contributed by atoms with van der Waals surface area (Å²) in [6.07, 6.45) is 0.257. The number of rotatable bonds is 6. The largest absolute Gasteiger partial charge is 0.489 e. The van der Waals surface area contributed by atoms with Crippen LogP contribution >= 0.6 is 0 Å². The van der Waals surface area contributed by atoms with E-state index >= 15 is 0 Å². The maximum atomic E-state index is 11.3. The van der Waals surface area contributed by atoms with E-state index in [4.69, 9.17) is 4.74 Å². The number of aliphatic hydroxyl groups excluding tert-OH is 1. The monoisotopic (exact) mass is 300 g/mol. The highest BCUT2D eigenvalue weighted by Crippen LogP contribution is 2.20. The molecule has 1 N–H and O–H groups in total. The molecule has 1 atom stereocenters. The van der Waals surface area contributed by atoms with Crippen LogP contribution in [0.5, 0.6) is 5.75 Å². The average Bonchev–Trinajstić information content (AvgIpc) is 2.59. The third-order valence-corrected chi connectivity index (χ3v) is 3.43. The molecule has 0 radical (unpaired) electrons. The minimum Gasteiger partial charge on any atom is -0.489 e. The number of aliphatic hydroxyl groups is 1. The molecule has 2 aromatic carbocycles. The fourth-order valence-electron chi connectivity index (χ4n) is 2.04. The number of ether oxygens (including phenoxy) is 2. The Morgan fingerprint density at radius 3 is 2.27 bits per heavy atom.